The summed E-state index contributed by atoms with van der Waals surface area (Å²) in [4.78, 5) is 15.7. The molecule has 1 amide bonds. The highest BCUT2D eigenvalue weighted by molar-refractivity contribution is 6.30. The zero-order chi connectivity index (χ0) is 10.7. The van der Waals surface area contributed by atoms with Gasteiger partial charge in [-0.2, -0.15) is 0 Å². The Bertz CT molecular complexity index is 395. The number of aromatic nitrogens is 1. The summed E-state index contributed by atoms with van der Waals surface area (Å²) in [5.41, 5.74) is 0. The molecule has 1 aromatic heterocycles. The maximum atomic E-state index is 11.7. The molecular formula is C11H11ClN2O. The van der Waals surface area contributed by atoms with Crippen LogP contribution in [0.3, 0.4) is 0 Å². The lowest BCUT2D eigenvalue weighted by atomic mass is 10.1. The molecule has 15 heavy (non-hydrogen) atoms. The number of carbonyl (C=O) groups is 1. The van der Waals surface area contributed by atoms with Crippen LogP contribution in [-0.4, -0.2) is 10.9 Å². The number of hydrogen-bond donors (Lipinski definition) is 1. The van der Waals surface area contributed by atoms with Crippen LogP contribution < -0.4 is 5.32 Å². The number of halogens is 1. The normalized spacial score (nSPS) is 15.5. The van der Waals surface area contributed by atoms with Crippen LogP contribution in [0, 0.1) is 5.92 Å². The minimum Gasteiger partial charge on any atom is -0.310 e. The summed E-state index contributed by atoms with van der Waals surface area (Å²) in [5.74, 6) is 0.569. The standard InChI is InChI=1S/C11H11ClN2O/c12-9-5-6-13-10(7-9)14-11(15)8-3-1-2-4-8/h1-2,5-8H,3-4H2,(H,13,14,15). The highest BCUT2D eigenvalue weighted by Crippen LogP contribution is 2.20. The number of rotatable bonds is 2. The first-order valence-electron chi connectivity index (χ1n) is 4.83. The lowest BCUT2D eigenvalue weighted by Gasteiger charge is -2.09. The van der Waals surface area contributed by atoms with Gasteiger partial charge >= 0.3 is 0 Å². The van der Waals surface area contributed by atoms with Gasteiger partial charge in [-0.25, -0.2) is 4.98 Å². The first-order chi connectivity index (χ1) is 7.25. The molecule has 0 radical (unpaired) electrons. The third-order valence-electron chi connectivity index (χ3n) is 2.35. The van der Waals surface area contributed by atoms with Crippen LogP contribution >= 0.6 is 11.6 Å². The van der Waals surface area contributed by atoms with Crippen molar-refractivity contribution in [2.75, 3.05) is 5.32 Å². The first kappa shape index (κ1) is 10.2. The smallest absolute Gasteiger partial charge is 0.229 e. The number of anilines is 1. The molecule has 0 atom stereocenters. The molecule has 0 bridgehead atoms. The quantitative estimate of drug-likeness (QED) is 0.782. The van der Waals surface area contributed by atoms with Crippen LogP contribution in [0.2, 0.25) is 5.02 Å². The van der Waals surface area contributed by atoms with Gasteiger partial charge in [0.1, 0.15) is 5.82 Å². The van der Waals surface area contributed by atoms with Gasteiger partial charge in [0.2, 0.25) is 5.91 Å². The molecule has 1 aromatic rings. The Morgan fingerprint density at radius 3 is 2.87 bits per heavy atom. The number of amides is 1. The Balaban J connectivity index is 1.99. The van der Waals surface area contributed by atoms with Crippen LogP contribution in [0.4, 0.5) is 5.82 Å². The molecule has 0 fully saturated rings. The number of nitrogens with one attached hydrogen (secondary N) is 1. The number of pyridine rings is 1. The molecule has 1 aliphatic rings. The van der Waals surface area contributed by atoms with Crippen molar-refractivity contribution in [3.8, 4) is 0 Å². The van der Waals surface area contributed by atoms with Crippen molar-refractivity contribution in [2.45, 2.75) is 12.8 Å². The Hall–Kier alpha value is -1.35. The second kappa shape index (κ2) is 4.45. The van der Waals surface area contributed by atoms with E-state index in [-0.39, 0.29) is 11.8 Å². The van der Waals surface area contributed by atoms with Gasteiger partial charge < -0.3 is 5.32 Å². The molecule has 0 aliphatic heterocycles. The lowest BCUT2D eigenvalue weighted by molar-refractivity contribution is -0.119. The predicted octanol–water partition coefficient (Wildman–Crippen LogP) is 2.64. The second-order valence-electron chi connectivity index (χ2n) is 3.49. The van der Waals surface area contributed by atoms with Gasteiger partial charge in [0.05, 0.1) is 0 Å². The summed E-state index contributed by atoms with van der Waals surface area (Å²) in [7, 11) is 0. The molecule has 0 saturated heterocycles. The van der Waals surface area contributed by atoms with Crippen LogP contribution in [0.15, 0.2) is 30.5 Å². The molecule has 1 heterocycles. The Kier molecular flexibility index (Phi) is 3.02. The summed E-state index contributed by atoms with van der Waals surface area (Å²) >= 11 is 5.78. The highest BCUT2D eigenvalue weighted by atomic mass is 35.5. The van der Waals surface area contributed by atoms with Crippen molar-refractivity contribution in [2.24, 2.45) is 5.92 Å². The fraction of sp³-hybridized carbons (Fsp3) is 0.273. The average molecular weight is 223 g/mol. The minimum absolute atomic E-state index is 0.00904. The molecule has 78 valence electrons. The second-order valence-corrected chi connectivity index (χ2v) is 3.92. The van der Waals surface area contributed by atoms with Crippen molar-refractivity contribution in [3.63, 3.8) is 0 Å². The van der Waals surface area contributed by atoms with E-state index in [9.17, 15) is 4.79 Å². The summed E-state index contributed by atoms with van der Waals surface area (Å²) in [6.45, 7) is 0. The molecule has 0 aromatic carbocycles. The summed E-state index contributed by atoms with van der Waals surface area (Å²) < 4.78 is 0. The van der Waals surface area contributed by atoms with Crippen molar-refractivity contribution in [1.82, 2.24) is 4.98 Å². The Morgan fingerprint density at radius 2 is 2.20 bits per heavy atom. The van der Waals surface area contributed by atoms with E-state index in [0.29, 0.717) is 10.8 Å². The molecule has 4 heteroatoms. The fourth-order valence-corrected chi connectivity index (χ4v) is 1.69. The van der Waals surface area contributed by atoms with E-state index in [0.717, 1.165) is 12.8 Å². The highest BCUT2D eigenvalue weighted by Gasteiger charge is 2.19. The number of carbonyl (C=O) groups excluding carboxylic acids is 1. The molecule has 2 rings (SSSR count). The zero-order valence-corrected chi connectivity index (χ0v) is 8.87. The predicted molar refractivity (Wildman–Crippen MR) is 59.7 cm³/mol. The van der Waals surface area contributed by atoms with Gasteiger partial charge in [0, 0.05) is 17.1 Å². The maximum absolute atomic E-state index is 11.7. The Labute approximate surface area is 93.2 Å². The summed E-state index contributed by atoms with van der Waals surface area (Å²) in [6.07, 6.45) is 7.24. The topological polar surface area (TPSA) is 42.0 Å². The van der Waals surface area contributed by atoms with E-state index in [1.807, 2.05) is 12.2 Å². The van der Waals surface area contributed by atoms with Gasteiger partial charge in [-0.3, -0.25) is 4.79 Å². The maximum Gasteiger partial charge on any atom is 0.229 e. The van der Waals surface area contributed by atoms with Gasteiger partial charge in [-0.15, -0.1) is 0 Å². The number of nitrogens with zero attached hydrogens (tertiary/aromatic N) is 1. The summed E-state index contributed by atoms with van der Waals surface area (Å²) in [5, 5.41) is 3.32. The molecule has 1 aliphatic carbocycles. The van der Waals surface area contributed by atoms with Gasteiger partial charge in [0.25, 0.3) is 0 Å². The number of hydrogen-bond acceptors (Lipinski definition) is 2. The van der Waals surface area contributed by atoms with Crippen LogP contribution in [0.1, 0.15) is 12.8 Å². The van der Waals surface area contributed by atoms with E-state index in [1.165, 1.54) is 0 Å². The Morgan fingerprint density at radius 1 is 1.47 bits per heavy atom. The first-order valence-corrected chi connectivity index (χ1v) is 5.21. The van der Waals surface area contributed by atoms with E-state index in [2.05, 4.69) is 10.3 Å². The average Bonchev–Trinajstić information content (AvgIpc) is 2.70. The van der Waals surface area contributed by atoms with E-state index in [4.69, 9.17) is 11.6 Å². The summed E-state index contributed by atoms with van der Waals surface area (Å²) in [6, 6.07) is 3.32. The van der Waals surface area contributed by atoms with Gasteiger partial charge in [0.15, 0.2) is 0 Å². The van der Waals surface area contributed by atoms with Crippen molar-refractivity contribution in [3.05, 3.63) is 35.5 Å². The third-order valence-corrected chi connectivity index (χ3v) is 2.59. The molecule has 1 N–H and O–H groups in total. The molecule has 3 nitrogen and oxygen atoms in total. The fourth-order valence-electron chi connectivity index (χ4n) is 1.53. The molecule has 0 spiro atoms. The molecule has 0 saturated carbocycles. The van der Waals surface area contributed by atoms with Crippen LogP contribution in [0.25, 0.3) is 0 Å². The third kappa shape index (κ3) is 2.57. The zero-order valence-electron chi connectivity index (χ0n) is 8.11. The molecule has 0 unspecified atom stereocenters. The number of allylic oxidation sites excluding steroid dienone is 2. The van der Waals surface area contributed by atoms with E-state index in [1.54, 1.807) is 18.3 Å². The van der Waals surface area contributed by atoms with Gasteiger partial charge in [-0.1, -0.05) is 23.8 Å². The SMILES string of the molecule is O=C(Nc1cc(Cl)ccn1)C1CC=CC1. The minimum atomic E-state index is 0.00904. The van der Waals surface area contributed by atoms with E-state index < -0.39 is 0 Å². The van der Waals surface area contributed by atoms with Gasteiger partial charge in [-0.05, 0) is 25.0 Å². The van der Waals surface area contributed by atoms with Crippen molar-refractivity contribution in [1.29, 1.82) is 0 Å². The van der Waals surface area contributed by atoms with Crippen LogP contribution in [-0.2, 0) is 4.79 Å². The van der Waals surface area contributed by atoms with Crippen LogP contribution in [0.5, 0.6) is 0 Å². The van der Waals surface area contributed by atoms with E-state index >= 15 is 0 Å². The largest absolute Gasteiger partial charge is 0.310 e. The van der Waals surface area contributed by atoms with Crippen molar-refractivity contribution >= 4 is 23.3 Å². The molecular weight excluding hydrogens is 212 g/mol. The van der Waals surface area contributed by atoms with Crippen molar-refractivity contribution < 1.29 is 4.79 Å². The lowest BCUT2D eigenvalue weighted by Crippen LogP contribution is -2.21. The monoisotopic (exact) mass is 222 g/mol.